The molecule has 3 N–H and O–H groups in total. The number of hydrogen-bond acceptors (Lipinski definition) is 6. The van der Waals surface area contributed by atoms with E-state index in [4.69, 9.17) is 0 Å². The van der Waals surface area contributed by atoms with Crippen molar-refractivity contribution in [3.63, 3.8) is 0 Å². The van der Waals surface area contributed by atoms with E-state index in [0.29, 0.717) is 42.2 Å². The van der Waals surface area contributed by atoms with E-state index in [0.717, 1.165) is 5.69 Å². The molecule has 146 valence electrons. The van der Waals surface area contributed by atoms with Crippen LogP contribution >= 0.6 is 0 Å². The first-order chi connectivity index (χ1) is 13.4. The van der Waals surface area contributed by atoms with Crippen molar-refractivity contribution in [1.82, 2.24) is 24.6 Å². The SMILES string of the molecule is CC1(C)C[C@@H](C(=O)O)N(c2nc(Nc3cc(C4CC4)[nH]n3)n3cccc3n2)C1. The van der Waals surface area contributed by atoms with Crippen LogP contribution in [0.2, 0.25) is 0 Å². The van der Waals surface area contributed by atoms with Gasteiger partial charge in [-0.25, -0.2) is 4.79 Å². The molecule has 4 heterocycles. The smallest absolute Gasteiger partial charge is 0.326 e. The average Bonchev–Trinajstić information content (AvgIpc) is 3.05. The lowest BCUT2D eigenvalue weighted by atomic mass is 9.91. The Morgan fingerprint density at radius 2 is 2.18 bits per heavy atom. The molecule has 1 aliphatic heterocycles. The van der Waals surface area contributed by atoms with Crippen molar-refractivity contribution in [2.45, 2.75) is 45.1 Å². The summed E-state index contributed by atoms with van der Waals surface area (Å²) in [6.45, 7) is 4.73. The number of rotatable bonds is 5. The minimum atomic E-state index is -0.847. The van der Waals surface area contributed by atoms with Crippen molar-refractivity contribution in [2.24, 2.45) is 5.41 Å². The summed E-state index contributed by atoms with van der Waals surface area (Å²) < 4.78 is 1.84. The zero-order valence-electron chi connectivity index (χ0n) is 15.9. The molecule has 1 saturated heterocycles. The molecule has 3 aromatic heterocycles. The molecule has 0 spiro atoms. The van der Waals surface area contributed by atoms with Gasteiger partial charge in [0.05, 0.1) is 0 Å². The van der Waals surface area contributed by atoms with Crippen LogP contribution in [0, 0.1) is 5.41 Å². The van der Waals surface area contributed by atoms with Gasteiger partial charge in [-0.05, 0) is 36.8 Å². The second kappa shape index (κ2) is 5.95. The first-order valence-corrected chi connectivity index (χ1v) is 9.56. The molecule has 5 rings (SSSR count). The zero-order valence-corrected chi connectivity index (χ0v) is 15.9. The van der Waals surface area contributed by atoms with Crippen LogP contribution in [0.3, 0.4) is 0 Å². The Bertz CT molecular complexity index is 1050. The van der Waals surface area contributed by atoms with E-state index in [-0.39, 0.29) is 5.41 Å². The molecule has 2 aliphatic rings. The third-order valence-corrected chi connectivity index (χ3v) is 5.49. The quantitative estimate of drug-likeness (QED) is 0.623. The molecule has 3 aromatic rings. The van der Waals surface area contributed by atoms with E-state index in [1.165, 1.54) is 12.8 Å². The summed E-state index contributed by atoms with van der Waals surface area (Å²) in [7, 11) is 0. The molecule has 0 bridgehead atoms. The first-order valence-electron chi connectivity index (χ1n) is 9.56. The summed E-state index contributed by atoms with van der Waals surface area (Å²) in [6, 6.07) is 5.15. The maximum atomic E-state index is 11.8. The van der Waals surface area contributed by atoms with Crippen LogP contribution in [0.1, 0.15) is 44.7 Å². The number of anilines is 3. The average molecular weight is 381 g/mol. The Hall–Kier alpha value is -3.10. The number of hydrogen-bond donors (Lipinski definition) is 3. The fourth-order valence-electron chi connectivity index (χ4n) is 3.95. The van der Waals surface area contributed by atoms with E-state index in [1.54, 1.807) is 4.90 Å². The Morgan fingerprint density at radius 3 is 2.93 bits per heavy atom. The molecule has 2 fully saturated rings. The summed E-state index contributed by atoms with van der Waals surface area (Å²) in [5.41, 5.74) is 1.72. The predicted octanol–water partition coefficient (Wildman–Crippen LogP) is 2.76. The van der Waals surface area contributed by atoms with Crippen LogP contribution in [-0.4, -0.2) is 48.2 Å². The number of nitrogens with one attached hydrogen (secondary N) is 2. The van der Waals surface area contributed by atoms with Gasteiger partial charge in [-0.1, -0.05) is 13.8 Å². The van der Waals surface area contributed by atoms with Gasteiger partial charge in [0.25, 0.3) is 0 Å². The molecule has 0 aromatic carbocycles. The van der Waals surface area contributed by atoms with Gasteiger partial charge < -0.3 is 15.3 Å². The molecule has 28 heavy (non-hydrogen) atoms. The number of carboxylic acids is 1. The predicted molar refractivity (Wildman–Crippen MR) is 104 cm³/mol. The maximum absolute atomic E-state index is 11.8. The van der Waals surface area contributed by atoms with Gasteiger partial charge in [0, 0.05) is 30.4 Å². The van der Waals surface area contributed by atoms with Crippen LogP contribution in [-0.2, 0) is 4.79 Å². The highest BCUT2D eigenvalue weighted by molar-refractivity contribution is 5.78. The van der Waals surface area contributed by atoms with Crippen molar-refractivity contribution in [3.05, 3.63) is 30.1 Å². The van der Waals surface area contributed by atoms with Crippen LogP contribution < -0.4 is 10.2 Å². The number of fused-ring (bicyclic) bond motifs is 1. The Labute approximate surface area is 161 Å². The van der Waals surface area contributed by atoms with Crippen molar-refractivity contribution in [1.29, 1.82) is 0 Å². The fraction of sp³-hybridized carbons (Fsp3) is 0.474. The molecule has 0 amide bonds. The normalized spacial score (nSPS) is 21.4. The van der Waals surface area contributed by atoms with Gasteiger partial charge in [0.1, 0.15) is 11.7 Å². The highest BCUT2D eigenvalue weighted by Crippen LogP contribution is 2.40. The number of carbonyl (C=O) groups is 1. The number of aliphatic carboxylic acids is 1. The van der Waals surface area contributed by atoms with Gasteiger partial charge in [-0.2, -0.15) is 15.1 Å². The second-order valence-electron chi connectivity index (χ2n) is 8.54. The lowest BCUT2D eigenvalue weighted by molar-refractivity contribution is -0.138. The number of aromatic amines is 1. The third kappa shape index (κ3) is 2.96. The number of H-pyrrole nitrogens is 1. The van der Waals surface area contributed by atoms with E-state index in [9.17, 15) is 9.90 Å². The number of aromatic nitrogens is 5. The highest BCUT2D eigenvalue weighted by Gasteiger charge is 2.43. The summed E-state index contributed by atoms with van der Waals surface area (Å²) >= 11 is 0. The van der Waals surface area contributed by atoms with E-state index in [1.807, 2.05) is 28.8 Å². The van der Waals surface area contributed by atoms with Crippen molar-refractivity contribution in [3.8, 4) is 0 Å². The van der Waals surface area contributed by atoms with E-state index in [2.05, 4.69) is 39.3 Å². The Balaban J connectivity index is 1.52. The van der Waals surface area contributed by atoms with Crippen LogP contribution in [0.4, 0.5) is 17.7 Å². The van der Waals surface area contributed by atoms with Crippen LogP contribution in [0.15, 0.2) is 24.4 Å². The molecule has 1 saturated carbocycles. The van der Waals surface area contributed by atoms with Crippen molar-refractivity contribution in [2.75, 3.05) is 16.8 Å². The van der Waals surface area contributed by atoms with Gasteiger partial charge in [-0.15, -0.1) is 0 Å². The molecule has 0 unspecified atom stereocenters. The summed E-state index contributed by atoms with van der Waals surface area (Å²) in [6.07, 6.45) is 4.83. The second-order valence-corrected chi connectivity index (χ2v) is 8.54. The minimum absolute atomic E-state index is 0.116. The van der Waals surface area contributed by atoms with Crippen LogP contribution in [0.5, 0.6) is 0 Å². The van der Waals surface area contributed by atoms with Crippen molar-refractivity contribution >= 4 is 29.3 Å². The topological polar surface area (TPSA) is 111 Å². The third-order valence-electron chi connectivity index (χ3n) is 5.49. The largest absolute Gasteiger partial charge is 0.480 e. The maximum Gasteiger partial charge on any atom is 0.326 e. The van der Waals surface area contributed by atoms with E-state index >= 15 is 0 Å². The van der Waals surface area contributed by atoms with E-state index < -0.39 is 12.0 Å². The fourth-order valence-corrected chi connectivity index (χ4v) is 3.95. The Morgan fingerprint density at radius 1 is 1.36 bits per heavy atom. The molecule has 0 radical (unpaired) electrons. The van der Waals surface area contributed by atoms with Gasteiger partial charge in [0.15, 0.2) is 5.82 Å². The summed E-state index contributed by atoms with van der Waals surface area (Å²) in [4.78, 5) is 22.9. The summed E-state index contributed by atoms with van der Waals surface area (Å²) in [5, 5.41) is 20.4. The monoisotopic (exact) mass is 381 g/mol. The number of nitrogens with zero attached hydrogens (tertiary/aromatic N) is 5. The van der Waals surface area contributed by atoms with Gasteiger partial charge in [0.2, 0.25) is 11.9 Å². The molecular formula is C19H23N7O2. The lowest BCUT2D eigenvalue weighted by Gasteiger charge is -2.23. The lowest BCUT2D eigenvalue weighted by Crippen LogP contribution is -2.37. The van der Waals surface area contributed by atoms with Crippen molar-refractivity contribution < 1.29 is 9.90 Å². The standard InChI is InChI=1S/C19H23N7O2/c1-19(2)9-13(16(27)28)26(10-19)18-21-15-4-3-7-25(15)17(22-18)20-14-8-12(23-24-14)11-5-6-11/h3-4,7-8,11,13H,5-6,9-10H2,1-2H3,(H,27,28)(H2,20,21,22,23,24)/t13-/m0/s1. The zero-order chi connectivity index (χ0) is 19.5. The molecule has 9 nitrogen and oxygen atoms in total. The molecule has 1 aliphatic carbocycles. The molecule has 1 atom stereocenters. The summed E-state index contributed by atoms with van der Waals surface area (Å²) in [5.74, 6) is 1.41. The van der Waals surface area contributed by atoms with Gasteiger partial charge in [-0.3, -0.25) is 9.50 Å². The van der Waals surface area contributed by atoms with Gasteiger partial charge >= 0.3 is 5.97 Å². The highest BCUT2D eigenvalue weighted by atomic mass is 16.4. The first kappa shape index (κ1) is 17.0. The van der Waals surface area contributed by atoms with Crippen LogP contribution in [0.25, 0.3) is 5.65 Å². The molecule has 9 heteroatoms. The minimum Gasteiger partial charge on any atom is -0.480 e. The molecular weight excluding hydrogens is 358 g/mol. The number of carboxylic acid groups (broad SMARTS) is 1. The Kier molecular flexibility index (Phi) is 3.62.